The molecular weight excluding hydrogens is 311 g/mol. The van der Waals surface area contributed by atoms with Crippen LogP contribution in [0.5, 0.6) is 0 Å². The Morgan fingerprint density at radius 2 is 1.68 bits per heavy atom. The quantitative estimate of drug-likeness (QED) is 0.783. The van der Waals surface area contributed by atoms with Crippen LogP contribution < -0.4 is 10.6 Å². The van der Waals surface area contributed by atoms with Crippen LogP contribution in [-0.2, 0) is 19.4 Å². The van der Waals surface area contributed by atoms with Crippen LogP contribution in [0.1, 0.15) is 20.3 Å². The maximum atomic E-state index is 12.7. The van der Waals surface area contributed by atoms with Gasteiger partial charge < -0.3 is 10.6 Å². The van der Waals surface area contributed by atoms with Crippen molar-refractivity contribution in [3.63, 3.8) is 0 Å². The van der Waals surface area contributed by atoms with Gasteiger partial charge in [0.1, 0.15) is 17.3 Å². The molecule has 1 rings (SSSR count). The lowest BCUT2D eigenvalue weighted by Crippen LogP contribution is -2.38. The van der Waals surface area contributed by atoms with E-state index < -0.39 is 39.0 Å². The summed E-state index contributed by atoms with van der Waals surface area (Å²) in [5, 5.41) is 4.86. The number of halogens is 1. The van der Waals surface area contributed by atoms with Gasteiger partial charge in [-0.3, -0.25) is 9.59 Å². The molecular formula is C14H19FN2O4S. The minimum absolute atomic E-state index is 0.129. The normalized spacial score (nSPS) is 12.5. The van der Waals surface area contributed by atoms with Crippen molar-refractivity contribution in [2.24, 2.45) is 0 Å². The molecule has 0 bridgehead atoms. The van der Waals surface area contributed by atoms with Crippen LogP contribution in [0, 0.1) is 5.82 Å². The molecule has 6 nitrogen and oxygen atoms in total. The predicted octanol–water partition coefficient (Wildman–Crippen LogP) is 1.09. The van der Waals surface area contributed by atoms with Gasteiger partial charge in [0.05, 0.1) is 0 Å². The Morgan fingerprint density at radius 1 is 1.14 bits per heavy atom. The van der Waals surface area contributed by atoms with Gasteiger partial charge in [0.2, 0.25) is 11.8 Å². The largest absolute Gasteiger partial charge is 0.353 e. The fourth-order valence-corrected chi connectivity index (χ4v) is 2.66. The van der Waals surface area contributed by atoms with Gasteiger partial charge in [-0.2, -0.15) is 0 Å². The molecule has 1 unspecified atom stereocenters. The Hall–Kier alpha value is -1.96. The van der Waals surface area contributed by atoms with Gasteiger partial charge in [-0.1, -0.05) is 6.92 Å². The predicted molar refractivity (Wildman–Crippen MR) is 81.6 cm³/mol. The van der Waals surface area contributed by atoms with E-state index in [4.69, 9.17) is 0 Å². The van der Waals surface area contributed by atoms with Crippen molar-refractivity contribution in [2.45, 2.75) is 26.3 Å². The summed E-state index contributed by atoms with van der Waals surface area (Å²) >= 11 is 0. The number of rotatable bonds is 7. The van der Waals surface area contributed by atoms with Crippen LogP contribution in [0.25, 0.3) is 0 Å². The van der Waals surface area contributed by atoms with E-state index in [-0.39, 0.29) is 11.7 Å². The molecule has 2 amide bonds. The molecule has 0 saturated heterocycles. The molecule has 0 spiro atoms. The van der Waals surface area contributed by atoms with Gasteiger partial charge in [0, 0.05) is 11.7 Å². The second-order valence-corrected chi connectivity index (χ2v) is 7.03. The number of amides is 2. The Balaban J connectivity index is 2.54. The van der Waals surface area contributed by atoms with Crippen molar-refractivity contribution in [2.75, 3.05) is 16.8 Å². The summed E-state index contributed by atoms with van der Waals surface area (Å²) in [7, 11) is -3.86. The molecule has 22 heavy (non-hydrogen) atoms. The molecule has 0 radical (unpaired) electrons. The topological polar surface area (TPSA) is 92.3 Å². The number of carbonyl (C=O) groups excluding carboxylic acids is 2. The van der Waals surface area contributed by atoms with Gasteiger partial charge >= 0.3 is 0 Å². The lowest BCUT2D eigenvalue weighted by molar-refractivity contribution is -0.119. The third-order valence-electron chi connectivity index (χ3n) is 2.85. The van der Waals surface area contributed by atoms with Crippen LogP contribution in [0.2, 0.25) is 0 Å². The molecule has 1 aromatic rings. The van der Waals surface area contributed by atoms with Gasteiger partial charge in [-0.15, -0.1) is 0 Å². The average Bonchev–Trinajstić information content (AvgIpc) is 2.39. The van der Waals surface area contributed by atoms with Crippen molar-refractivity contribution in [3.8, 4) is 0 Å². The monoisotopic (exact) mass is 330 g/mol. The van der Waals surface area contributed by atoms with E-state index in [1.807, 2.05) is 6.92 Å². The molecule has 0 aromatic heterocycles. The standard InChI is InChI=1S/C14H19FN2O4S/c1-3-10(2)16-13(18)8-22(20,21)9-14(19)17-12-6-4-11(15)5-7-12/h4-7,10H,3,8-9H2,1-2H3,(H,16,18)(H,17,19). The van der Waals surface area contributed by atoms with E-state index in [1.54, 1.807) is 6.92 Å². The average molecular weight is 330 g/mol. The van der Waals surface area contributed by atoms with E-state index >= 15 is 0 Å². The first-order valence-corrected chi connectivity index (χ1v) is 8.59. The summed E-state index contributed by atoms with van der Waals surface area (Å²) in [5.41, 5.74) is 0.283. The second-order valence-electron chi connectivity index (χ2n) is 4.96. The summed E-state index contributed by atoms with van der Waals surface area (Å²) < 4.78 is 36.3. The highest BCUT2D eigenvalue weighted by molar-refractivity contribution is 7.92. The van der Waals surface area contributed by atoms with Crippen LogP contribution in [-0.4, -0.2) is 37.8 Å². The van der Waals surface area contributed by atoms with Gasteiger partial charge in [-0.25, -0.2) is 12.8 Å². The first kappa shape index (κ1) is 18.1. The summed E-state index contributed by atoms with van der Waals surface area (Å²) in [6.07, 6.45) is 0.677. The van der Waals surface area contributed by atoms with Crippen molar-refractivity contribution < 1.29 is 22.4 Å². The number of sulfone groups is 1. The van der Waals surface area contributed by atoms with E-state index in [9.17, 15) is 22.4 Å². The van der Waals surface area contributed by atoms with Crippen molar-refractivity contribution in [1.29, 1.82) is 0 Å². The third kappa shape index (κ3) is 6.66. The molecule has 0 aliphatic rings. The fourth-order valence-electron chi connectivity index (χ4n) is 1.60. The Kier molecular flexibility index (Phi) is 6.48. The van der Waals surface area contributed by atoms with Crippen molar-refractivity contribution in [3.05, 3.63) is 30.1 Å². The zero-order chi connectivity index (χ0) is 16.8. The maximum Gasteiger partial charge on any atom is 0.239 e. The SMILES string of the molecule is CCC(C)NC(=O)CS(=O)(=O)CC(=O)Nc1ccc(F)cc1. The highest BCUT2D eigenvalue weighted by atomic mass is 32.2. The molecule has 1 atom stereocenters. The first-order chi connectivity index (χ1) is 10.2. The smallest absolute Gasteiger partial charge is 0.239 e. The number of carbonyl (C=O) groups is 2. The molecule has 2 N–H and O–H groups in total. The van der Waals surface area contributed by atoms with E-state index in [0.717, 1.165) is 12.1 Å². The van der Waals surface area contributed by atoms with E-state index in [1.165, 1.54) is 12.1 Å². The minimum Gasteiger partial charge on any atom is -0.353 e. The van der Waals surface area contributed by atoms with E-state index in [2.05, 4.69) is 10.6 Å². The molecule has 0 heterocycles. The lowest BCUT2D eigenvalue weighted by Gasteiger charge is -2.11. The zero-order valence-electron chi connectivity index (χ0n) is 12.4. The van der Waals surface area contributed by atoms with Gasteiger partial charge in [0.25, 0.3) is 0 Å². The van der Waals surface area contributed by atoms with Crippen molar-refractivity contribution >= 4 is 27.3 Å². The lowest BCUT2D eigenvalue weighted by atomic mass is 10.3. The Morgan fingerprint density at radius 3 is 2.23 bits per heavy atom. The summed E-state index contributed by atoms with van der Waals surface area (Å²) in [4.78, 5) is 23.2. The highest BCUT2D eigenvalue weighted by Gasteiger charge is 2.21. The molecule has 1 aromatic carbocycles. The van der Waals surface area contributed by atoms with Crippen LogP contribution in [0.15, 0.2) is 24.3 Å². The zero-order valence-corrected chi connectivity index (χ0v) is 13.2. The Labute approximate surface area is 129 Å². The number of hydrogen-bond acceptors (Lipinski definition) is 4. The molecule has 0 fully saturated rings. The van der Waals surface area contributed by atoms with Gasteiger partial charge in [0.15, 0.2) is 9.84 Å². The van der Waals surface area contributed by atoms with E-state index in [0.29, 0.717) is 6.42 Å². The molecule has 0 aliphatic heterocycles. The molecule has 0 saturated carbocycles. The second kappa shape index (κ2) is 7.88. The summed E-state index contributed by atoms with van der Waals surface area (Å²) in [5.74, 6) is -3.42. The minimum atomic E-state index is -3.86. The van der Waals surface area contributed by atoms with Crippen LogP contribution in [0.4, 0.5) is 10.1 Å². The molecule has 0 aliphatic carbocycles. The number of hydrogen-bond donors (Lipinski definition) is 2. The summed E-state index contributed by atoms with van der Waals surface area (Å²) in [6.45, 7) is 3.61. The van der Waals surface area contributed by atoms with Crippen LogP contribution >= 0.6 is 0 Å². The number of anilines is 1. The highest BCUT2D eigenvalue weighted by Crippen LogP contribution is 2.08. The molecule has 8 heteroatoms. The fraction of sp³-hybridized carbons (Fsp3) is 0.429. The summed E-state index contributed by atoms with van der Waals surface area (Å²) in [6, 6.07) is 4.79. The maximum absolute atomic E-state index is 12.7. The number of benzene rings is 1. The van der Waals surface area contributed by atoms with Crippen molar-refractivity contribution in [1.82, 2.24) is 5.32 Å². The van der Waals surface area contributed by atoms with Crippen LogP contribution in [0.3, 0.4) is 0 Å². The first-order valence-electron chi connectivity index (χ1n) is 6.77. The molecule has 122 valence electrons. The third-order valence-corrected chi connectivity index (χ3v) is 4.25. The van der Waals surface area contributed by atoms with Gasteiger partial charge in [-0.05, 0) is 37.6 Å². The Bertz CT molecular complexity index is 629. The number of nitrogens with one attached hydrogen (secondary N) is 2.